The molecule has 0 saturated heterocycles. The van der Waals surface area contributed by atoms with Crippen molar-refractivity contribution in [2.45, 2.75) is 33.8 Å². The van der Waals surface area contributed by atoms with Gasteiger partial charge in [-0.15, -0.1) is 0 Å². The van der Waals surface area contributed by atoms with E-state index in [1.165, 1.54) is 0 Å². The summed E-state index contributed by atoms with van der Waals surface area (Å²) in [6, 6.07) is 12.8. The van der Waals surface area contributed by atoms with Crippen molar-refractivity contribution in [1.29, 1.82) is 0 Å². The zero-order valence-corrected chi connectivity index (χ0v) is 16.7. The van der Waals surface area contributed by atoms with E-state index in [-0.39, 0.29) is 18.4 Å². The zero-order chi connectivity index (χ0) is 20.3. The Morgan fingerprint density at radius 2 is 1.93 bits per heavy atom. The van der Waals surface area contributed by atoms with Crippen LogP contribution in [-0.4, -0.2) is 31.1 Å². The highest BCUT2D eigenvalue weighted by atomic mass is 16.5. The largest absolute Gasteiger partial charge is 0.484 e. The monoisotopic (exact) mass is 382 g/mol. The lowest BCUT2D eigenvalue weighted by Gasteiger charge is -2.34. The lowest BCUT2D eigenvalue weighted by Crippen LogP contribution is -2.46. The molecule has 2 amide bonds. The van der Waals surface area contributed by atoms with Crippen molar-refractivity contribution in [2.75, 3.05) is 23.4 Å². The number of rotatable bonds is 6. The number of ether oxygens (including phenoxy) is 2. The first-order chi connectivity index (χ1) is 13.3. The van der Waals surface area contributed by atoms with E-state index in [1.54, 1.807) is 30.0 Å². The summed E-state index contributed by atoms with van der Waals surface area (Å²) in [5, 5.41) is 2.81. The van der Waals surface area contributed by atoms with Crippen molar-refractivity contribution in [2.24, 2.45) is 5.92 Å². The van der Waals surface area contributed by atoms with Crippen molar-refractivity contribution in [3.05, 3.63) is 48.0 Å². The summed E-state index contributed by atoms with van der Waals surface area (Å²) in [5.41, 5.74) is 2.46. The fraction of sp³-hybridized carbons (Fsp3) is 0.364. The molecule has 3 rings (SSSR count). The molecule has 0 aliphatic carbocycles. The van der Waals surface area contributed by atoms with Crippen molar-refractivity contribution in [3.8, 4) is 11.5 Å². The molecule has 0 radical (unpaired) electrons. The normalized spacial score (nSPS) is 15.8. The summed E-state index contributed by atoms with van der Waals surface area (Å²) in [7, 11) is 0. The van der Waals surface area contributed by atoms with Gasteiger partial charge in [-0.2, -0.15) is 0 Å². The molecular formula is C22H26N2O4. The molecule has 1 aliphatic rings. The van der Waals surface area contributed by atoms with Crippen LogP contribution in [-0.2, 0) is 9.59 Å². The Labute approximate surface area is 165 Å². The van der Waals surface area contributed by atoms with Crippen LogP contribution in [0.4, 0.5) is 11.4 Å². The average molecular weight is 382 g/mol. The highest BCUT2D eigenvalue weighted by Crippen LogP contribution is 2.36. The molecule has 6 nitrogen and oxygen atoms in total. The van der Waals surface area contributed by atoms with Crippen molar-refractivity contribution < 1.29 is 19.1 Å². The summed E-state index contributed by atoms with van der Waals surface area (Å²) >= 11 is 0. The quantitative estimate of drug-likeness (QED) is 0.826. The first kappa shape index (κ1) is 19.7. The van der Waals surface area contributed by atoms with Crippen LogP contribution in [0.2, 0.25) is 0 Å². The number of anilines is 2. The average Bonchev–Trinajstić information content (AvgIpc) is 2.64. The predicted molar refractivity (Wildman–Crippen MR) is 109 cm³/mol. The number of fused-ring (bicyclic) bond motifs is 1. The van der Waals surface area contributed by atoms with Gasteiger partial charge in [0.1, 0.15) is 11.5 Å². The number of hydrogen-bond donors (Lipinski definition) is 1. The summed E-state index contributed by atoms with van der Waals surface area (Å²) in [5.74, 6) is 1.25. The molecule has 1 unspecified atom stereocenters. The van der Waals surface area contributed by atoms with Gasteiger partial charge < -0.3 is 19.7 Å². The number of nitrogens with zero attached hydrogens (tertiary/aromatic N) is 1. The molecule has 0 fully saturated rings. The minimum atomic E-state index is -0.554. The number of amides is 2. The van der Waals surface area contributed by atoms with Gasteiger partial charge in [-0.3, -0.25) is 9.59 Å². The van der Waals surface area contributed by atoms with Gasteiger partial charge in [0.05, 0.1) is 5.69 Å². The summed E-state index contributed by atoms with van der Waals surface area (Å²) in [6.07, 6.45) is -0.554. The SMILES string of the molecule is Cc1ccc(OCC(=O)Nc2ccc3c(c2)OC(C)C(=O)N3CC(C)C)cc1. The second-order valence-electron chi connectivity index (χ2n) is 7.44. The summed E-state index contributed by atoms with van der Waals surface area (Å²) in [6.45, 7) is 8.39. The standard InChI is InChI=1S/C22H26N2O4/c1-14(2)12-24-19-10-7-17(11-20(19)28-16(4)22(24)26)23-21(25)13-27-18-8-5-15(3)6-9-18/h5-11,14,16H,12-13H2,1-4H3,(H,23,25). The van der Waals surface area contributed by atoms with E-state index in [4.69, 9.17) is 9.47 Å². The molecule has 0 spiro atoms. The Hall–Kier alpha value is -3.02. The van der Waals surface area contributed by atoms with Gasteiger partial charge in [0.25, 0.3) is 11.8 Å². The van der Waals surface area contributed by atoms with E-state index in [1.807, 2.05) is 31.2 Å². The third-order valence-electron chi connectivity index (χ3n) is 4.39. The van der Waals surface area contributed by atoms with E-state index in [0.717, 1.165) is 11.3 Å². The van der Waals surface area contributed by atoms with E-state index in [9.17, 15) is 9.59 Å². The van der Waals surface area contributed by atoms with Crippen LogP contribution in [0.15, 0.2) is 42.5 Å². The predicted octanol–water partition coefficient (Wildman–Crippen LogP) is 3.78. The number of hydrogen-bond acceptors (Lipinski definition) is 4. The molecule has 0 aromatic heterocycles. The van der Waals surface area contributed by atoms with E-state index >= 15 is 0 Å². The number of nitrogens with one attached hydrogen (secondary N) is 1. The number of carbonyl (C=O) groups excluding carboxylic acids is 2. The summed E-state index contributed by atoms with van der Waals surface area (Å²) in [4.78, 5) is 26.4. The van der Waals surface area contributed by atoms with Crippen molar-refractivity contribution in [1.82, 2.24) is 0 Å². The third-order valence-corrected chi connectivity index (χ3v) is 4.39. The van der Waals surface area contributed by atoms with Gasteiger partial charge >= 0.3 is 0 Å². The first-order valence-electron chi connectivity index (χ1n) is 9.45. The van der Waals surface area contributed by atoms with Crippen molar-refractivity contribution in [3.63, 3.8) is 0 Å². The molecule has 0 saturated carbocycles. The lowest BCUT2D eigenvalue weighted by atomic mass is 10.1. The summed E-state index contributed by atoms with van der Waals surface area (Å²) < 4.78 is 11.2. The zero-order valence-electron chi connectivity index (χ0n) is 16.7. The van der Waals surface area contributed by atoms with Gasteiger partial charge in [-0.05, 0) is 44.0 Å². The molecule has 1 N–H and O–H groups in total. The van der Waals surface area contributed by atoms with Gasteiger partial charge in [0, 0.05) is 18.3 Å². The lowest BCUT2D eigenvalue weighted by molar-refractivity contribution is -0.125. The smallest absolute Gasteiger partial charge is 0.267 e. The second-order valence-corrected chi connectivity index (χ2v) is 7.44. The molecular weight excluding hydrogens is 356 g/mol. The van der Waals surface area contributed by atoms with E-state index in [2.05, 4.69) is 19.2 Å². The number of benzene rings is 2. The molecule has 6 heteroatoms. The molecule has 1 atom stereocenters. The first-order valence-corrected chi connectivity index (χ1v) is 9.45. The number of aryl methyl sites for hydroxylation is 1. The Morgan fingerprint density at radius 3 is 2.61 bits per heavy atom. The third kappa shape index (κ3) is 4.63. The molecule has 0 bridgehead atoms. The fourth-order valence-corrected chi connectivity index (χ4v) is 3.02. The van der Waals surface area contributed by atoms with Crippen LogP contribution < -0.4 is 19.7 Å². The van der Waals surface area contributed by atoms with Crippen LogP contribution in [0, 0.1) is 12.8 Å². The van der Waals surface area contributed by atoms with Crippen LogP contribution in [0.5, 0.6) is 11.5 Å². The molecule has 28 heavy (non-hydrogen) atoms. The van der Waals surface area contributed by atoms with Gasteiger partial charge in [0.15, 0.2) is 12.7 Å². The van der Waals surface area contributed by atoms with Crippen LogP contribution in [0.25, 0.3) is 0 Å². The van der Waals surface area contributed by atoms with Crippen molar-refractivity contribution >= 4 is 23.2 Å². The molecule has 148 valence electrons. The molecule has 1 heterocycles. The molecule has 1 aliphatic heterocycles. The minimum absolute atomic E-state index is 0.0514. The second kappa shape index (κ2) is 8.33. The Kier molecular flexibility index (Phi) is 5.87. The van der Waals surface area contributed by atoms with Crippen LogP contribution in [0.3, 0.4) is 0 Å². The van der Waals surface area contributed by atoms with Gasteiger partial charge in [-0.1, -0.05) is 31.5 Å². The minimum Gasteiger partial charge on any atom is -0.484 e. The maximum Gasteiger partial charge on any atom is 0.267 e. The fourth-order valence-electron chi connectivity index (χ4n) is 3.02. The highest BCUT2D eigenvalue weighted by molar-refractivity contribution is 6.00. The number of carbonyl (C=O) groups is 2. The van der Waals surface area contributed by atoms with Gasteiger partial charge in [-0.25, -0.2) is 0 Å². The molecule has 2 aromatic rings. The topological polar surface area (TPSA) is 67.9 Å². The Morgan fingerprint density at radius 1 is 1.21 bits per heavy atom. The van der Waals surface area contributed by atoms with E-state index in [0.29, 0.717) is 29.6 Å². The Bertz CT molecular complexity index is 861. The van der Waals surface area contributed by atoms with E-state index < -0.39 is 6.10 Å². The van der Waals surface area contributed by atoms with Crippen LogP contribution >= 0.6 is 0 Å². The molecule has 2 aromatic carbocycles. The maximum atomic E-state index is 12.4. The van der Waals surface area contributed by atoms with Gasteiger partial charge in [0.2, 0.25) is 0 Å². The van der Waals surface area contributed by atoms with Crippen LogP contribution in [0.1, 0.15) is 26.3 Å². The maximum absolute atomic E-state index is 12.4. The Balaban J connectivity index is 1.67. The highest BCUT2D eigenvalue weighted by Gasteiger charge is 2.31.